The van der Waals surface area contributed by atoms with Crippen LogP contribution < -0.4 is 10.1 Å². The summed E-state index contributed by atoms with van der Waals surface area (Å²) in [4.78, 5) is 0. The third-order valence-corrected chi connectivity index (χ3v) is 5.19. The van der Waals surface area contributed by atoms with Crippen LogP contribution in [-0.4, -0.2) is 12.1 Å². The standard InChI is InChI=1S/C19H31NO/c1-6-9-12-20-17-13-19(7-2,8-3)21-18-15(5)14(4)10-11-16(17)18/h10-11,17,20H,6-9,12-13H2,1-5H3. The predicted molar refractivity (Wildman–Crippen MR) is 90.1 cm³/mol. The van der Waals surface area contributed by atoms with Gasteiger partial charge in [-0.15, -0.1) is 0 Å². The van der Waals surface area contributed by atoms with Crippen LogP contribution in [0.3, 0.4) is 0 Å². The van der Waals surface area contributed by atoms with Crippen molar-refractivity contribution in [3.05, 3.63) is 28.8 Å². The van der Waals surface area contributed by atoms with Gasteiger partial charge in [-0.3, -0.25) is 0 Å². The average Bonchev–Trinajstić information content (AvgIpc) is 2.51. The number of aryl methyl sites for hydroxylation is 1. The minimum Gasteiger partial charge on any atom is -0.487 e. The van der Waals surface area contributed by atoms with Gasteiger partial charge in [-0.2, -0.15) is 0 Å². The molecule has 1 heterocycles. The van der Waals surface area contributed by atoms with Crippen molar-refractivity contribution in [3.8, 4) is 5.75 Å². The molecule has 0 amide bonds. The molecule has 0 spiro atoms. The van der Waals surface area contributed by atoms with Crippen LogP contribution in [-0.2, 0) is 0 Å². The van der Waals surface area contributed by atoms with Crippen molar-refractivity contribution in [2.24, 2.45) is 0 Å². The lowest BCUT2D eigenvalue weighted by atomic mass is 9.82. The second-order valence-electron chi connectivity index (χ2n) is 6.48. The van der Waals surface area contributed by atoms with E-state index in [1.807, 2.05) is 0 Å². The van der Waals surface area contributed by atoms with Crippen molar-refractivity contribution in [1.29, 1.82) is 0 Å². The SMILES string of the molecule is CCCCNC1CC(CC)(CC)Oc2c1ccc(C)c2C. The summed E-state index contributed by atoms with van der Waals surface area (Å²) in [5.74, 6) is 1.14. The lowest BCUT2D eigenvalue weighted by Gasteiger charge is -2.42. The minimum absolute atomic E-state index is 0.00453. The van der Waals surface area contributed by atoms with Crippen molar-refractivity contribution in [3.63, 3.8) is 0 Å². The highest BCUT2D eigenvalue weighted by Gasteiger charge is 2.38. The van der Waals surface area contributed by atoms with Crippen molar-refractivity contribution in [2.75, 3.05) is 6.54 Å². The number of nitrogens with one attached hydrogen (secondary N) is 1. The van der Waals surface area contributed by atoms with Gasteiger partial charge in [0.25, 0.3) is 0 Å². The monoisotopic (exact) mass is 289 g/mol. The Balaban J connectivity index is 2.36. The number of hydrogen-bond donors (Lipinski definition) is 1. The number of rotatable bonds is 6. The highest BCUT2D eigenvalue weighted by Crippen LogP contribution is 2.44. The van der Waals surface area contributed by atoms with Gasteiger partial charge < -0.3 is 10.1 Å². The van der Waals surface area contributed by atoms with Gasteiger partial charge in [-0.1, -0.05) is 39.3 Å². The van der Waals surface area contributed by atoms with Crippen molar-refractivity contribution in [1.82, 2.24) is 5.32 Å². The van der Waals surface area contributed by atoms with Gasteiger partial charge in [-0.25, -0.2) is 0 Å². The molecule has 0 saturated carbocycles. The summed E-state index contributed by atoms with van der Waals surface area (Å²) >= 11 is 0. The normalized spacial score (nSPS) is 20.0. The molecule has 1 unspecified atom stereocenters. The molecule has 1 aliphatic rings. The molecule has 2 heteroatoms. The number of hydrogen-bond acceptors (Lipinski definition) is 2. The van der Waals surface area contributed by atoms with Gasteiger partial charge in [0.1, 0.15) is 11.4 Å². The van der Waals surface area contributed by atoms with Gasteiger partial charge in [0.15, 0.2) is 0 Å². The topological polar surface area (TPSA) is 21.3 Å². The van der Waals surface area contributed by atoms with E-state index < -0.39 is 0 Å². The number of fused-ring (bicyclic) bond motifs is 1. The van der Waals surface area contributed by atoms with E-state index in [0.29, 0.717) is 6.04 Å². The van der Waals surface area contributed by atoms with Crippen LogP contribution >= 0.6 is 0 Å². The maximum atomic E-state index is 6.53. The van der Waals surface area contributed by atoms with Gasteiger partial charge in [0, 0.05) is 18.0 Å². The second kappa shape index (κ2) is 6.83. The Morgan fingerprint density at radius 1 is 1.19 bits per heavy atom. The van der Waals surface area contributed by atoms with Crippen LogP contribution in [0, 0.1) is 13.8 Å². The van der Waals surface area contributed by atoms with E-state index in [1.165, 1.54) is 29.5 Å². The van der Waals surface area contributed by atoms with E-state index in [2.05, 4.69) is 52.1 Å². The summed E-state index contributed by atoms with van der Waals surface area (Å²) in [6.45, 7) is 12.2. The summed E-state index contributed by atoms with van der Waals surface area (Å²) < 4.78 is 6.53. The molecule has 0 radical (unpaired) electrons. The molecule has 118 valence electrons. The summed E-state index contributed by atoms with van der Waals surface area (Å²) in [6.07, 6.45) is 5.70. The van der Waals surface area contributed by atoms with E-state index >= 15 is 0 Å². The Bertz CT molecular complexity index is 477. The van der Waals surface area contributed by atoms with Crippen molar-refractivity contribution >= 4 is 0 Å². The third-order valence-electron chi connectivity index (χ3n) is 5.19. The summed E-state index contributed by atoms with van der Waals surface area (Å²) in [7, 11) is 0. The number of benzene rings is 1. The van der Waals surface area contributed by atoms with E-state index in [4.69, 9.17) is 4.74 Å². The second-order valence-corrected chi connectivity index (χ2v) is 6.48. The molecule has 0 aliphatic carbocycles. The number of unbranched alkanes of at least 4 members (excludes halogenated alkanes) is 1. The molecule has 21 heavy (non-hydrogen) atoms. The Morgan fingerprint density at radius 2 is 1.90 bits per heavy atom. The van der Waals surface area contributed by atoms with Crippen LogP contribution in [0.4, 0.5) is 0 Å². The van der Waals surface area contributed by atoms with E-state index in [9.17, 15) is 0 Å². The maximum Gasteiger partial charge on any atom is 0.128 e. The molecule has 1 aromatic rings. The van der Waals surface area contributed by atoms with Crippen molar-refractivity contribution in [2.45, 2.75) is 78.4 Å². The molecular formula is C19H31NO. The molecule has 1 aromatic carbocycles. The average molecular weight is 289 g/mol. The zero-order chi connectivity index (χ0) is 15.5. The van der Waals surface area contributed by atoms with E-state index in [1.54, 1.807) is 0 Å². The molecule has 0 aromatic heterocycles. The van der Waals surface area contributed by atoms with Crippen LogP contribution in [0.2, 0.25) is 0 Å². The van der Waals surface area contributed by atoms with Gasteiger partial charge in [-0.05, 0) is 50.8 Å². The first-order valence-corrected chi connectivity index (χ1v) is 8.59. The molecule has 1 atom stereocenters. The van der Waals surface area contributed by atoms with Crippen LogP contribution in [0.5, 0.6) is 5.75 Å². The molecule has 1 N–H and O–H groups in total. The Morgan fingerprint density at radius 3 is 2.52 bits per heavy atom. The first-order chi connectivity index (χ1) is 10.1. The van der Waals surface area contributed by atoms with E-state index in [-0.39, 0.29) is 5.60 Å². The fourth-order valence-electron chi connectivity index (χ4n) is 3.28. The fraction of sp³-hybridized carbons (Fsp3) is 0.684. The molecule has 0 fully saturated rings. The molecule has 0 bridgehead atoms. The summed E-state index contributed by atoms with van der Waals surface area (Å²) in [5, 5.41) is 3.77. The Labute approximate surface area is 130 Å². The van der Waals surface area contributed by atoms with Crippen LogP contribution in [0.1, 0.15) is 75.6 Å². The fourth-order valence-corrected chi connectivity index (χ4v) is 3.28. The van der Waals surface area contributed by atoms with Gasteiger partial charge in [0.05, 0.1) is 0 Å². The zero-order valence-electron chi connectivity index (χ0n) is 14.4. The van der Waals surface area contributed by atoms with E-state index in [0.717, 1.165) is 31.6 Å². The van der Waals surface area contributed by atoms with Gasteiger partial charge in [0.2, 0.25) is 0 Å². The molecule has 2 nitrogen and oxygen atoms in total. The quantitative estimate of drug-likeness (QED) is 0.738. The predicted octanol–water partition coefficient (Wildman–Crippen LogP) is 5.08. The lowest BCUT2D eigenvalue weighted by Crippen LogP contribution is -2.43. The molecule has 0 saturated heterocycles. The summed E-state index contributed by atoms with van der Waals surface area (Å²) in [5.41, 5.74) is 3.98. The molecule has 2 rings (SSSR count). The molecule has 1 aliphatic heterocycles. The first-order valence-electron chi connectivity index (χ1n) is 8.59. The minimum atomic E-state index is -0.00453. The van der Waals surface area contributed by atoms with Crippen LogP contribution in [0.25, 0.3) is 0 Å². The van der Waals surface area contributed by atoms with Crippen LogP contribution in [0.15, 0.2) is 12.1 Å². The van der Waals surface area contributed by atoms with Gasteiger partial charge >= 0.3 is 0 Å². The third kappa shape index (κ3) is 3.26. The first kappa shape index (κ1) is 16.4. The maximum absolute atomic E-state index is 6.53. The smallest absolute Gasteiger partial charge is 0.128 e. The largest absolute Gasteiger partial charge is 0.487 e. The highest BCUT2D eigenvalue weighted by atomic mass is 16.5. The highest BCUT2D eigenvalue weighted by molar-refractivity contribution is 5.48. The Kier molecular flexibility index (Phi) is 5.32. The Hall–Kier alpha value is -1.02. The number of ether oxygens (including phenoxy) is 1. The molecular weight excluding hydrogens is 258 g/mol. The zero-order valence-corrected chi connectivity index (χ0v) is 14.4. The lowest BCUT2D eigenvalue weighted by molar-refractivity contribution is 0.0220. The summed E-state index contributed by atoms with van der Waals surface area (Å²) in [6, 6.07) is 4.92. The van der Waals surface area contributed by atoms with Crippen molar-refractivity contribution < 1.29 is 4.74 Å².